The SMILES string of the molecule is OC1(CNCc2csc(-c3ccc(F)cc3)n2)CCCCC1. The summed E-state index contributed by atoms with van der Waals surface area (Å²) in [5, 5.41) is 16.7. The van der Waals surface area contributed by atoms with Crippen LogP contribution in [0, 0.1) is 5.82 Å². The second-order valence-corrected chi connectivity index (χ2v) is 6.90. The summed E-state index contributed by atoms with van der Waals surface area (Å²) in [6.07, 6.45) is 5.23. The first kappa shape index (κ1) is 15.6. The molecule has 22 heavy (non-hydrogen) atoms. The summed E-state index contributed by atoms with van der Waals surface area (Å²) in [6, 6.07) is 6.40. The standard InChI is InChI=1S/C17H21FN2OS/c18-14-6-4-13(5-7-14)16-20-15(11-22-16)10-19-12-17(21)8-2-1-3-9-17/h4-7,11,19,21H,1-3,8-10,12H2. The lowest BCUT2D eigenvalue weighted by Crippen LogP contribution is -2.41. The van der Waals surface area contributed by atoms with Crippen LogP contribution in [0.2, 0.25) is 0 Å². The van der Waals surface area contributed by atoms with Gasteiger partial charge in [0.05, 0.1) is 11.3 Å². The minimum atomic E-state index is -0.548. The Kier molecular flexibility index (Phi) is 4.86. The Morgan fingerprint density at radius 2 is 1.91 bits per heavy atom. The second kappa shape index (κ2) is 6.86. The molecule has 0 radical (unpaired) electrons. The van der Waals surface area contributed by atoms with E-state index in [-0.39, 0.29) is 5.82 Å². The maximum absolute atomic E-state index is 12.9. The van der Waals surface area contributed by atoms with Crippen LogP contribution in [0.4, 0.5) is 4.39 Å². The number of benzene rings is 1. The van der Waals surface area contributed by atoms with Crippen LogP contribution in [0.25, 0.3) is 10.6 Å². The lowest BCUT2D eigenvalue weighted by molar-refractivity contribution is 0.00463. The fraction of sp³-hybridized carbons (Fsp3) is 0.471. The van der Waals surface area contributed by atoms with Gasteiger partial charge in [0.25, 0.3) is 0 Å². The number of hydrogen-bond acceptors (Lipinski definition) is 4. The van der Waals surface area contributed by atoms with E-state index in [0.717, 1.165) is 41.9 Å². The summed E-state index contributed by atoms with van der Waals surface area (Å²) in [4.78, 5) is 4.57. The third kappa shape index (κ3) is 3.91. The van der Waals surface area contributed by atoms with Gasteiger partial charge in [-0.15, -0.1) is 11.3 Å². The van der Waals surface area contributed by atoms with E-state index in [2.05, 4.69) is 10.3 Å². The molecule has 1 aliphatic carbocycles. The Hall–Kier alpha value is -1.30. The number of aliphatic hydroxyl groups is 1. The Balaban J connectivity index is 1.54. The quantitative estimate of drug-likeness (QED) is 0.882. The lowest BCUT2D eigenvalue weighted by atomic mass is 9.85. The van der Waals surface area contributed by atoms with E-state index in [1.54, 1.807) is 23.5 Å². The maximum Gasteiger partial charge on any atom is 0.123 e. The summed E-state index contributed by atoms with van der Waals surface area (Å²) in [7, 11) is 0. The smallest absolute Gasteiger partial charge is 0.123 e. The van der Waals surface area contributed by atoms with Gasteiger partial charge < -0.3 is 10.4 Å². The minimum absolute atomic E-state index is 0.233. The number of nitrogens with one attached hydrogen (secondary N) is 1. The first-order valence-corrected chi connectivity index (χ1v) is 8.66. The van der Waals surface area contributed by atoms with Crippen LogP contribution in [-0.2, 0) is 6.54 Å². The van der Waals surface area contributed by atoms with Crippen molar-refractivity contribution in [1.82, 2.24) is 10.3 Å². The van der Waals surface area contributed by atoms with Crippen molar-refractivity contribution >= 4 is 11.3 Å². The predicted molar refractivity (Wildman–Crippen MR) is 87.2 cm³/mol. The summed E-state index contributed by atoms with van der Waals surface area (Å²) in [5.41, 5.74) is 1.35. The fourth-order valence-corrected chi connectivity index (χ4v) is 3.75. The number of halogens is 1. The van der Waals surface area contributed by atoms with Gasteiger partial charge in [0, 0.05) is 24.0 Å². The highest BCUT2D eigenvalue weighted by Gasteiger charge is 2.28. The zero-order valence-electron chi connectivity index (χ0n) is 12.5. The molecular weight excluding hydrogens is 299 g/mol. The number of aromatic nitrogens is 1. The molecule has 0 atom stereocenters. The molecule has 0 aliphatic heterocycles. The number of hydrogen-bond donors (Lipinski definition) is 2. The highest BCUT2D eigenvalue weighted by Crippen LogP contribution is 2.27. The largest absolute Gasteiger partial charge is 0.389 e. The zero-order valence-corrected chi connectivity index (χ0v) is 13.3. The maximum atomic E-state index is 12.9. The summed E-state index contributed by atoms with van der Waals surface area (Å²) >= 11 is 1.56. The molecule has 0 saturated heterocycles. The van der Waals surface area contributed by atoms with Gasteiger partial charge in [-0.3, -0.25) is 0 Å². The van der Waals surface area contributed by atoms with Crippen molar-refractivity contribution in [3.8, 4) is 10.6 Å². The van der Waals surface area contributed by atoms with Crippen LogP contribution in [0.15, 0.2) is 29.6 Å². The van der Waals surface area contributed by atoms with Crippen LogP contribution in [0.5, 0.6) is 0 Å². The first-order valence-electron chi connectivity index (χ1n) is 7.78. The van der Waals surface area contributed by atoms with Crippen molar-refractivity contribution in [3.05, 3.63) is 41.2 Å². The van der Waals surface area contributed by atoms with Crippen LogP contribution >= 0.6 is 11.3 Å². The molecule has 0 amide bonds. The van der Waals surface area contributed by atoms with E-state index in [9.17, 15) is 9.50 Å². The molecule has 3 nitrogen and oxygen atoms in total. The van der Waals surface area contributed by atoms with E-state index < -0.39 is 5.60 Å². The summed E-state index contributed by atoms with van der Waals surface area (Å²) in [5.74, 6) is -0.233. The molecule has 118 valence electrons. The van der Waals surface area contributed by atoms with Gasteiger partial charge in [0.2, 0.25) is 0 Å². The molecule has 1 saturated carbocycles. The van der Waals surface area contributed by atoms with Gasteiger partial charge in [-0.2, -0.15) is 0 Å². The van der Waals surface area contributed by atoms with Crippen molar-refractivity contribution in [1.29, 1.82) is 0 Å². The Morgan fingerprint density at radius 1 is 1.18 bits per heavy atom. The molecule has 1 heterocycles. The number of thiazole rings is 1. The molecular formula is C17H21FN2OS. The van der Waals surface area contributed by atoms with E-state index in [1.807, 2.05) is 5.38 Å². The van der Waals surface area contributed by atoms with Crippen molar-refractivity contribution < 1.29 is 9.50 Å². The number of nitrogens with zero attached hydrogens (tertiary/aromatic N) is 1. The van der Waals surface area contributed by atoms with Crippen molar-refractivity contribution in [2.45, 2.75) is 44.2 Å². The molecule has 0 bridgehead atoms. The van der Waals surface area contributed by atoms with Gasteiger partial charge >= 0.3 is 0 Å². The Morgan fingerprint density at radius 3 is 2.64 bits per heavy atom. The van der Waals surface area contributed by atoms with Crippen molar-refractivity contribution in [3.63, 3.8) is 0 Å². The second-order valence-electron chi connectivity index (χ2n) is 6.04. The molecule has 1 aromatic heterocycles. The Bertz CT molecular complexity index is 605. The van der Waals surface area contributed by atoms with E-state index in [1.165, 1.54) is 18.6 Å². The van der Waals surface area contributed by atoms with Crippen LogP contribution in [0.3, 0.4) is 0 Å². The van der Waals surface area contributed by atoms with Gasteiger partial charge in [0.1, 0.15) is 10.8 Å². The molecule has 5 heteroatoms. The molecule has 3 rings (SSSR count). The molecule has 0 unspecified atom stereocenters. The Labute approximate surface area is 134 Å². The zero-order chi connectivity index (χ0) is 15.4. The van der Waals surface area contributed by atoms with Gasteiger partial charge in [-0.1, -0.05) is 19.3 Å². The predicted octanol–water partition coefficient (Wildman–Crippen LogP) is 3.73. The first-order chi connectivity index (χ1) is 10.6. The van der Waals surface area contributed by atoms with Gasteiger partial charge in [-0.05, 0) is 37.1 Å². The van der Waals surface area contributed by atoms with Crippen molar-refractivity contribution in [2.75, 3.05) is 6.54 Å². The molecule has 1 aliphatic rings. The average Bonchev–Trinajstić information content (AvgIpc) is 2.97. The van der Waals surface area contributed by atoms with Crippen LogP contribution in [-0.4, -0.2) is 22.2 Å². The average molecular weight is 320 g/mol. The van der Waals surface area contributed by atoms with E-state index in [0.29, 0.717) is 13.1 Å². The van der Waals surface area contributed by atoms with Gasteiger partial charge in [0.15, 0.2) is 0 Å². The highest BCUT2D eigenvalue weighted by atomic mass is 32.1. The fourth-order valence-electron chi connectivity index (χ4n) is 2.92. The lowest BCUT2D eigenvalue weighted by Gasteiger charge is -2.32. The molecule has 1 aromatic carbocycles. The van der Waals surface area contributed by atoms with E-state index >= 15 is 0 Å². The topological polar surface area (TPSA) is 45.1 Å². The van der Waals surface area contributed by atoms with Crippen LogP contribution < -0.4 is 5.32 Å². The van der Waals surface area contributed by atoms with Gasteiger partial charge in [-0.25, -0.2) is 9.37 Å². The summed E-state index contributed by atoms with van der Waals surface area (Å²) in [6.45, 7) is 1.27. The third-order valence-corrected chi connectivity index (χ3v) is 5.13. The monoisotopic (exact) mass is 320 g/mol. The number of rotatable bonds is 5. The normalized spacial score (nSPS) is 17.5. The van der Waals surface area contributed by atoms with Crippen LogP contribution in [0.1, 0.15) is 37.8 Å². The minimum Gasteiger partial charge on any atom is -0.389 e. The summed E-state index contributed by atoms with van der Waals surface area (Å²) < 4.78 is 12.9. The molecule has 2 N–H and O–H groups in total. The third-order valence-electron chi connectivity index (χ3n) is 4.19. The molecule has 2 aromatic rings. The highest BCUT2D eigenvalue weighted by molar-refractivity contribution is 7.13. The molecule has 1 fully saturated rings. The van der Waals surface area contributed by atoms with E-state index in [4.69, 9.17) is 0 Å². The van der Waals surface area contributed by atoms with Crippen molar-refractivity contribution in [2.24, 2.45) is 0 Å². The molecule has 0 spiro atoms.